The lowest BCUT2D eigenvalue weighted by molar-refractivity contribution is -0.0704. The smallest absolute Gasteiger partial charge is 0.122 e. The van der Waals surface area contributed by atoms with Gasteiger partial charge in [-0.25, -0.2) is 4.68 Å². The van der Waals surface area contributed by atoms with Gasteiger partial charge in [0.15, 0.2) is 0 Å². The summed E-state index contributed by atoms with van der Waals surface area (Å²) in [5, 5.41) is 8.28. The Bertz CT molecular complexity index is 743. The van der Waals surface area contributed by atoms with Crippen molar-refractivity contribution >= 4 is 0 Å². The molecule has 24 heavy (non-hydrogen) atoms. The third kappa shape index (κ3) is 2.70. The Morgan fingerprint density at radius 3 is 3.00 bits per heavy atom. The molecular weight excluding hydrogens is 304 g/mol. The number of ether oxygens (including phenoxy) is 2. The van der Waals surface area contributed by atoms with Gasteiger partial charge in [-0.05, 0) is 43.0 Å². The number of aromatic nitrogens is 3. The molecule has 0 N–H and O–H groups in total. The molecule has 3 heterocycles. The summed E-state index contributed by atoms with van der Waals surface area (Å²) < 4.78 is 13.5. The van der Waals surface area contributed by atoms with Crippen molar-refractivity contribution < 1.29 is 9.47 Å². The van der Waals surface area contributed by atoms with Crippen molar-refractivity contribution in [2.24, 2.45) is 0 Å². The topological polar surface area (TPSA) is 52.4 Å². The average molecular weight is 328 g/mol. The molecule has 6 nitrogen and oxygen atoms in total. The van der Waals surface area contributed by atoms with E-state index in [4.69, 9.17) is 9.47 Å². The first-order valence-electron chi connectivity index (χ1n) is 8.53. The van der Waals surface area contributed by atoms with Gasteiger partial charge in [0.05, 0.1) is 37.8 Å². The number of aryl methyl sites for hydroxylation is 2. The van der Waals surface area contributed by atoms with Gasteiger partial charge < -0.3 is 9.47 Å². The van der Waals surface area contributed by atoms with Crippen LogP contribution in [0.1, 0.15) is 34.8 Å². The van der Waals surface area contributed by atoms with Gasteiger partial charge in [-0.15, -0.1) is 5.10 Å². The third-order valence-electron chi connectivity index (χ3n) is 5.26. The molecule has 6 heteroatoms. The second kappa shape index (κ2) is 6.18. The lowest BCUT2D eigenvalue weighted by atomic mass is 9.98. The molecule has 1 saturated heterocycles. The zero-order valence-electron chi connectivity index (χ0n) is 14.5. The van der Waals surface area contributed by atoms with Crippen LogP contribution in [0.25, 0.3) is 0 Å². The van der Waals surface area contributed by atoms with E-state index < -0.39 is 0 Å². The van der Waals surface area contributed by atoms with Gasteiger partial charge in [0.25, 0.3) is 0 Å². The molecular formula is C18H24N4O2. The Hall–Kier alpha value is -1.92. The fourth-order valence-corrected chi connectivity index (χ4v) is 3.88. The van der Waals surface area contributed by atoms with Gasteiger partial charge in [0.1, 0.15) is 5.75 Å². The van der Waals surface area contributed by atoms with Crippen LogP contribution in [0.5, 0.6) is 5.75 Å². The average Bonchev–Trinajstić information content (AvgIpc) is 3.06. The van der Waals surface area contributed by atoms with Crippen molar-refractivity contribution in [3.63, 3.8) is 0 Å². The maximum absolute atomic E-state index is 6.06. The van der Waals surface area contributed by atoms with Crippen molar-refractivity contribution in [2.45, 2.75) is 45.6 Å². The number of benzene rings is 1. The minimum atomic E-state index is 0.201. The summed E-state index contributed by atoms with van der Waals surface area (Å²) in [5.74, 6) is 0.962. The molecule has 0 aliphatic carbocycles. The minimum absolute atomic E-state index is 0.201. The first kappa shape index (κ1) is 15.6. The van der Waals surface area contributed by atoms with Crippen molar-refractivity contribution in [1.82, 2.24) is 19.9 Å². The number of rotatable bonds is 3. The largest absolute Gasteiger partial charge is 0.496 e. The first-order chi connectivity index (χ1) is 11.7. The van der Waals surface area contributed by atoms with E-state index in [1.165, 1.54) is 16.7 Å². The summed E-state index contributed by atoms with van der Waals surface area (Å²) in [5.41, 5.74) is 4.92. The summed E-state index contributed by atoms with van der Waals surface area (Å²) >= 11 is 0. The Morgan fingerprint density at radius 2 is 2.17 bits per heavy atom. The molecule has 2 aliphatic rings. The molecule has 2 aliphatic heterocycles. The second-order valence-corrected chi connectivity index (χ2v) is 6.86. The maximum atomic E-state index is 6.06. The number of fused-ring (bicyclic) bond motifs is 3. The highest BCUT2D eigenvalue weighted by molar-refractivity contribution is 5.41. The predicted octanol–water partition coefficient (Wildman–Crippen LogP) is 2.25. The van der Waals surface area contributed by atoms with Gasteiger partial charge in [-0.2, -0.15) is 0 Å². The minimum Gasteiger partial charge on any atom is -0.496 e. The summed E-state index contributed by atoms with van der Waals surface area (Å²) in [6.07, 6.45) is 3.06. The summed E-state index contributed by atoms with van der Waals surface area (Å²) in [7, 11) is 1.73. The number of hydrogen-bond donors (Lipinski definition) is 0. The van der Waals surface area contributed by atoms with E-state index in [9.17, 15) is 0 Å². The molecule has 0 spiro atoms. The van der Waals surface area contributed by atoms with Crippen LogP contribution < -0.4 is 4.74 Å². The molecule has 0 unspecified atom stereocenters. The quantitative estimate of drug-likeness (QED) is 0.865. The van der Waals surface area contributed by atoms with Crippen molar-refractivity contribution in [3.05, 3.63) is 40.7 Å². The highest BCUT2D eigenvalue weighted by Crippen LogP contribution is 2.31. The normalized spacial score (nSPS) is 23.6. The molecule has 1 fully saturated rings. The fourth-order valence-electron chi connectivity index (χ4n) is 3.88. The maximum Gasteiger partial charge on any atom is 0.122 e. The van der Waals surface area contributed by atoms with Crippen molar-refractivity contribution in [1.29, 1.82) is 0 Å². The highest BCUT2D eigenvalue weighted by atomic mass is 16.5. The molecule has 1 aromatic heterocycles. The van der Waals surface area contributed by atoms with Crippen LogP contribution in [0.3, 0.4) is 0 Å². The molecule has 0 bridgehead atoms. The van der Waals surface area contributed by atoms with Crippen LogP contribution in [-0.4, -0.2) is 46.2 Å². The SMILES string of the molecule is COc1cc(C)c(CN2CC[C@H]3[C@H](C2)OCc2cnnn23)cc1C. The van der Waals surface area contributed by atoms with Crippen LogP contribution in [0.2, 0.25) is 0 Å². The number of piperidine rings is 1. The van der Waals surface area contributed by atoms with Gasteiger partial charge in [0.2, 0.25) is 0 Å². The zero-order chi connectivity index (χ0) is 16.7. The summed E-state index contributed by atoms with van der Waals surface area (Å²) in [6.45, 7) is 7.81. The first-order valence-corrected chi connectivity index (χ1v) is 8.53. The van der Waals surface area contributed by atoms with Gasteiger partial charge in [-0.1, -0.05) is 11.3 Å². The van der Waals surface area contributed by atoms with Gasteiger partial charge >= 0.3 is 0 Å². The van der Waals surface area contributed by atoms with E-state index in [1.54, 1.807) is 7.11 Å². The van der Waals surface area contributed by atoms with Crippen molar-refractivity contribution in [2.75, 3.05) is 20.2 Å². The number of likely N-dealkylation sites (tertiary alicyclic amines) is 1. The molecule has 128 valence electrons. The van der Waals surface area contributed by atoms with E-state index in [1.807, 2.05) is 6.20 Å². The number of methoxy groups -OCH3 is 1. The van der Waals surface area contributed by atoms with Crippen LogP contribution >= 0.6 is 0 Å². The summed E-state index contributed by atoms with van der Waals surface area (Å²) in [6, 6.07) is 4.71. The lowest BCUT2D eigenvalue weighted by Crippen LogP contribution is -2.48. The molecule has 2 atom stereocenters. The molecule has 4 rings (SSSR count). The molecule has 0 saturated carbocycles. The predicted molar refractivity (Wildman–Crippen MR) is 90.0 cm³/mol. The summed E-state index contributed by atoms with van der Waals surface area (Å²) in [4.78, 5) is 2.48. The third-order valence-corrected chi connectivity index (χ3v) is 5.26. The van der Waals surface area contributed by atoms with E-state index in [-0.39, 0.29) is 6.10 Å². The Kier molecular flexibility index (Phi) is 4.02. The molecule has 0 amide bonds. The van der Waals surface area contributed by atoms with E-state index >= 15 is 0 Å². The number of hydrogen-bond acceptors (Lipinski definition) is 5. The van der Waals surface area contributed by atoms with Crippen LogP contribution in [-0.2, 0) is 17.9 Å². The standard InChI is InChI=1S/C18H24N4O2/c1-12-7-17(23-3)13(2)6-14(12)9-21-5-4-16-18(10-21)24-11-15-8-19-20-22(15)16/h6-8,16,18H,4-5,9-11H2,1-3H3/t16-,18-/m0/s1. The lowest BCUT2D eigenvalue weighted by Gasteiger charge is -2.41. The van der Waals surface area contributed by atoms with Gasteiger partial charge in [0, 0.05) is 19.6 Å². The van der Waals surface area contributed by atoms with Crippen molar-refractivity contribution in [3.8, 4) is 5.75 Å². The fraction of sp³-hybridized carbons (Fsp3) is 0.556. The Balaban J connectivity index is 1.48. The Labute approximate surface area is 142 Å². The van der Waals surface area contributed by atoms with E-state index in [2.05, 4.69) is 45.9 Å². The Morgan fingerprint density at radius 1 is 1.29 bits per heavy atom. The monoisotopic (exact) mass is 328 g/mol. The molecule has 2 aromatic rings. The van der Waals surface area contributed by atoms with E-state index in [0.717, 1.165) is 37.5 Å². The van der Waals surface area contributed by atoms with Crippen LogP contribution in [0.15, 0.2) is 18.3 Å². The van der Waals surface area contributed by atoms with Crippen LogP contribution in [0, 0.1) is 13.8 Å². The van der Waals surface area contributed by atoms with Gasteiger partial charge in [-0.3, -0.25) is 4.90 Å². The number of nitrogens with zero attached hydrogens (tertiary/aromatic N) is 4. The molecule has 0 radical (unpaired) electrons. The zero-order valence-corrected chi connectivity index (χ0v) is 14.5. The van der Waals surface area contributed by atoms with E-state index in [0.29, 0.717) is 12.6 Å². The van der Waals surface area contributed by atoms with Crippen LogP contribution in [0.4, 0.5) is 0 Å². The molecule has 1 aromatic carbocycles. The highest BCUT2D eigenvalue weighted by Gasteiger charge is 2.36. The second-order valence-electron chi connectivity index (χ2n) is 6.86.